The average molecular weight is 294 g/mol. The van der Waals surface area contributed by atoms with E-state index in [1.165, 1.54) is 12.4 Å². The lowest BCUT2D eigenvalue weighted by Crippen LogP contribution is -2.51. The summed E-state index contributed by atoms with van der Waals surface area (Å²) in [6.45, 7) is -0.266. The Bertz CT molecular complexity index is 493. The second-order valence-corrected chi connectivity index (χ2v) is 4.97. The fourth-order valence-electron chi connectivity index (χ4n) is 2.40. The molecule has 2 heterocycles. The molecule has 0 aliphatic carbocycles. The standard InChI is InChI=1S/C14H18N2O5/c17-8-12-11(2-1-10(21-12)7-13(18)19)16-14(20)9-3-5-15-6-4-9/h3-6,10-12,17H,1-2,7-8H2,(H,16,20)(H,18,19)/t10-,11+,12-/m0/s1. The van der Waals surface area contributed by atoms with Gasteiger partial charge in [0.2, 0.25) is 0 Å². The van der Waals surface area contributed by atoms with E-state index < -0.39 is 18.2 Å². The van der Waals surface area contributed by atoms with Crippen LogP contribution >= 0.6 is 0 Å². The molecule has 7 heteroatoms. The number of rotatable bonds is 5. The first-order valence-electron chi connectivity index (χ1n) is 6.79. The van der Waals surface area contributed by atoms with E-state index in [0.29, 0.717) is 18.4 Å². The van der Waals surface area contributed by atoms with Gasteiger partial charge in [0, 0.05) is 18.0 Å². The summed E-state index contributed by atoms with van der Waals surface area (Å²) < 4.78 is 5.54. The fraction of sp³-hybridized carbons (Fsp3) is 0.500. The molecule has 0 bridgehead atoms. The molecule has 0 saturated carbocycles. The summed E-state index contributed by atoms with van der Waals surface area (Å²) in [5, 5.41) is 20.9. The molecule has 1 aromatic rings. The van der Waals surface area contributed by atoms with E-state index in [2.05, 4.69) is 10.3 Å². The molecule has 7 nitrogen and oxygen atoms in total. The molecule has 1 aliphatic heterocycles. The Morgan fingerprint density at radius 3 is 2.67 bits per heavy atom. The van der Waals surface area contributed by atoms with Gasteiger partial charge in [-0.05, 0) is 25.0 Å². The minimum atomic E-state index is -0.934. The van der Waals surface area contributed by atoms with E-state index in [-0.39, 0.29) is 25.0 Å². The zero-order valence-corrected chi connectivity index (χ0v) is 11.4. The lowest BCUT2D eigenvalue weighted by molar-refractivity contribution is -0.145. The summed E-state index contributed by atoms with van der Waals surface area (Å²) in [4.78, 5) is 26.6. The number of carbonyl (C=O) groups is 2. The second-order valence-electron chi connectivity index (χ2n) is 4.97. The number of aliphatic carboxylic acids is 1. The lowest BCUT2D eigenvalue weighted by atomic mass is 9.97. The zero-order chi connectivity index (χ0) is 15.2. The second kappa shape index (κ2) is 7.14. The molecule has 114 valence electrons. The molecular weight excluding hydrogens is 276 g/mol. The van der Waals surface area contributed by atoms with Gasteiger partial charge in [0.05, 0.1) is 25.2 Å². The van der Waals surface area contributed by atoms with Crippen LogP contribution in [0.1, 0.15) is 29.6 Å². The van der Waals surface area contributed by atoms with Crippen LogP contribution in [0.3, 0.4) is 0 Å². The van der Waals surface area contributed by atoms with Gasteiger partial charge >= 0.3 is 5.97 Å². The van der Waals surface area contributed by atoms with Crippen molar-refractivity contribution in [2.45, 2.75) is 37.5 Å². The molecule has 1 fully saturated rings. The molecule has 0 radical (unpaired) electrons. The topological polar surface area (TPSA) is 109 Å². The van der Waals surface area contributed by atoms with Crippen LogP contribution in [0.2, 0.25) is 0 Å². The molecule has 3 N–H and O–H groups in total. The maximum atomic E-state index is 12.1. The van der Waals surface area contributed by atoms with Crippen LogP contribution in [0, 0.1) is 0 Å². The fourth-order valence-corrected chi connectivity index (χ4v) is 2.40. The minimum Gasteiger partial charge on any atom is -0.481 e. The van der Waals surface area contributed by atoms with Crippen LogP contribution in [0.25, 0.3) is 0 Å². The van der Waals surface area contributed by atoms with Gasteiger partial charge in [-0.25, -0.2) is 0 Å². The number of carboxylic acid groups (broad SMARTS) is 1. The maximum absolute atomic E-state index is 12.1. The van der Waals surface area contributed by atoms with Crippen molar-refractivity contribution >= 4 is 11.9 Å². The van der Waals surface area contributed by atoms with E-state index >= 15 is 0 Å². The first-order chi connectivity index (χ1) is 10.1. The van der Waals surface area contributed by atoms with Crippen molar-refractivity contribution in [3.05, 3.63) is 30.1 Å². The summed E-state index contributed by atoms with van der Waals surface area (Å²) in [6.07, 6.45) is 3.05. The van der Waals surface area contributed by atoms with Gasteiger partial charge in [-0.15, -0.1) is 0 Å². The van der Waals surface area contributed by atoms with Crippen LogP contribution in [-0.4, -0.2) is 51.9 Å². The lowest BCUT2D eigenvalue weighted by Gasteiger charge is -2.35. The molecule has 1 aromatic heterocycles. The van der Waals surface area contributed by atoms with Crippen LogP contribution < -0.4 is 5.32 Å². The van der Waals surface area contributed by atoms with Gasteiger partial charge in [0.25, 0.3) is 5.91 Å². The number of carboxylic acids is 1. The maximum Gasteiger partial charge on any atom is 0.305 e. The number of hydrogen-bond acceptors (Lipinski definition) is 5. The number of aliphatic hydroxyl groups is 1. The summed E-state index contributed by atoms with van der Waals surface area (Å²) in [5.41, 5.74) is 0.481. The van der Waals surface area contributed by atoms with E-state index in [4.69, 9.17) is 9.84 Å². The number of aromatic nitrogens is 1. The number of nitrogens with one attached hydrogen (secondary N) is 1. The summed E-state index contributed by atoms with van der Waals surface area (Å²) in [5.74, 6) is -1.20. The highest BCUT2D eigenvalue weighted by molar-refractivity contribution is 5.94. The Kier molecular flexibility index (Phi) is 5.24. The Morgan fingerprint density at radius 2 is 2.05 bits per heavy atom. The Labute approximate surface area is 122 Å². The smallest absolute Gasteiger partial charge is 0.305 e. The highest BCUT2D eigenvalue weighted by Crippen LogP contribution is 2.22. The first-order valence-corrected chi connectivity index (χ1v) is 6.79. The Balaban J connectivity index is 1.94. The van der Waals surface area contributed by atoms with Crippen molar-refractivity contribution in [3.63, 3.8) is 0 Å². The predicted molar refractivity (Wildman–Crippen MR) is 72.7 cm³/mol. The minimum absolute atomic E-state index is 0.0957. The summed E-state index contributed by atoms with van der Waals surface area (Å²) in [7, 11) is 0. The highest BCUT2D eigenvalue weighted by Gasteiger charge is 2.32. The predicted octanol–water partition coefficient (Wildman–Crippen LogP) is 0.195. The van der Waals surface area contributed by atoms with E-state index in [0.717, 1.165) is 0 Å². The molecular formula is C14H18N2O5. The highest BCUT2D eigenvalue weighted by atomic mass is 16.5. The summed E-state index contributed by atoms with van der Waals surface area (Å²) >= 11 is 0. The van der Waals surface area contributed by atoms with Gasteiger partial charge < -0.3 is 20.3 Å². The molecule has 21 heavy (non-hydrogen) atoms. The Hall–Kier alpha value is -1.99. The van der Waals surface area contributed by atoms with E-state index in [1.54, 1.807) is 12.1 Å². The molecule has 2 rings (SSSR count). The average Bonchev–Trinajstić information content (AvgIpc) is 2.49. The van der Waals surface area contributed by atoms with Crippen LogP contribution in [0.5, 0.6) is 0 Å². The van der Waals surface area contributed by atoms with Crippen molar-refractivity contribution in [2.75, 3.05) is 6.61 Å². The van der Waals surface area contributed by atoms with Gasteiger partial charge in [-0.3, -0.25) is 14.6 Å². The third-order valence-electron chi connectivity index (χ3n) is 3.46. The molecule has 3 atom stereocenters. The van der Waals surface area contributed by atoms with Crippen LogP contribution in [0.15, 0.2) is 24.5 Å². The van der Waals surface area contributed by atoms with E-state index in [9.17, 15) is 14.7 Å². The first kappa shape index (κ1) is 15.4. The number of pyridine rings is 1. The molecule has 1 saturated heterocycles. The van der Waals surface area contributed by atoms with E-state index in [1.807, 2.05) is 0 Å². The Morgan fingerprint density at radius 1 is 1.33 bits per heavy atom. The molecule has 0 unspecified atom stereocenters. The molecule has 1 aliphatic rings. The number of aliphatic hydroxyl groups excluding tert-OH is 1. The van der Waals surface area contributed by atoms with Crippen LogP contribution in [0.4, 0.5) is 0 Å². The molecule has 0 aromatic carbocycles. The van der Waals surface area contributed by atoms with Crippen molar-refractivity contribution in [1.29, 1.82) is 0 Å². The zero-order valence-electron chi connectivity index (χ0n) is 11.4. The van der Waals surface area contributed by atoms with Gasteiger partial charge in [-0.2, -0.15) is 0 Å². The monoisotopic (exact) mass is 294 g/mol. The van der Waals surface area contributed by atoms with Crippen molar-refractivity contribution in [2.24, 2.45) is 0 Å². The van der Waals surface area contributed by atoms with Crippen molar-refractivity contribution in [3.8, 4) is 0 Å². The van der Waals surface area contributed by atoms with Crippen LogP contribution in [-0.2, 0) is 9.53 Å². The number of amides is 1. The largest absolute Gasteiger partial charge is 0.481 e. The number of nitrogens with zero attached hydrogens (tertiary/aromatic N) is 1. The van der Waals surface area contributed by atoms with Gasteiger partial charge in [0.15, 0.2) is 0 Å². The van der Waals surface area contributed by atoms with Crippen molar-refractivity contribution < 1.29 is 24.5 Å². The normalized spacial score (nSPS) is 25.3. The molecule has 0 spiro atoms. The summed E-state index contributed by atoms with van der Waals surface area (Å²) in [6, 6.07) is 2.86. The van der Waals surface area contributed by atoms with Gasteiger partial charge in [-0.1, -0.05) is 0 Å². The number of hydrogen-bond donors (Lipinski definition) is 3. The third-order valence-corrected chi connectivity index (χ3v) is 3.46. The van der Waals surface area contributed by atoms with Crippen molar-refractivity contribution in [1.82, 2.24) is 10.3 Å². The number of ether oxygens (including phenoxy) is 1. The third kappa shape index (κ3) is 4.24. The SMILES string of the molecule is O=C(O)C[C@@H]1CC[C@@H](NC(=O)c2ccncc2)[C@H](CO)O1. The quantitative estimate of drug-likeness (QED) is 0.715. The molecule has 1 amide bonds. The van der Waals surface area contributed by atoms with Gasteiger partial charge in [0.1, 0.15) is 6.10 Å². The number of carbonyl (C=O) groups excluding carboxylic acids is 1.